The molecule has 1 aromatic rings. The molecule has 0 aliphatic heterocycles. The molecule has 1 aromatic carbocycles. The van der Waals surface area contributed by atoms with Crippen LogP contribution in [0.2, 0.25) is 0 Å². The summed E-state index contributed by atoms with van der Waals surface area (Å²) in [5.41, 5.74) is -1.26. The third kappa shape index (κ3) is 1.94. The zero-order valence-electron chi connectivity index (χ0n) is 12.2. The van der Waals surface area contributed by atoms with Gasteiger partial charge in [0, 0.05) is 27.9 Å². The van der Waals surface area contributed by atoms with Gasteiger partial charge in [-0.2, -0.15) is 0 Å². The SMILES string of the molecule is Cc1c(C(=O)C2C(=O)C3CC3C(C)(O)C2=O)ccc(S)c1O. The van der Waals surface area contributed by atoms with Gasteiger partial charge in [-0.1, -0.05) is 0 Å². The van der Waals surface area contributed by atoms with Crippen LogP contribution in [0.4, 0.5) is 0 Å². The summed E-state index contributed by atoms with van der Waals surface area (Å²) in [6.07, 6.45) is 0.446. The fourth-order valence-electron chi connectivity index (χ4n) is 3.31. The standard InChI is InChI=1S/C16H16O5S/c1-6-7(3-4-10(22)12(6)17)13(18)11-14(19)8-5-9(8)16(2,21)15(11)20/h3-4,8-9,11,17,21-22H,5H2,1-2H3. The summed E-state index contributed by atoms with van der Waals surface area (Å²) in [6.45, 7) is 2.89. The molecule has 0 bridgehead atoms. The lowest BCUT2D eigenvalue weighted by Crippen LogP contribution is -2.52. The summed E-state index contributed by atoms with van der Waals surface area (Å²) in [4.78, 5) is 37.7. The van der Waals surface area contributed by atoms with Gasteiger partial charge < -0.3 is 10.2 Å². The molecule has 2 saturated carbocycles. The van der Waals surface area contributed by atoms with Gasteiger partial charge in [-0.15, -0.1) is 12.6 Å². The van der Waals surface area contributed by atoms with Crippen LogP contribution in [0, 0.1) is 24.7 Å². The van der Waals surface area contributed by atoms with E-state index in [1.54, 1.807) is 0 Å². The predicted octanol–water partition coefficient (Wildman–Crippen LogP) is 1.33. The van der Waals surface area contributed by atoms with E-state index in [0.717, 1.165) is 0 Å². The van der Waals surface area contributed by atoms with Gasteiger partial charge in [0.1, 0.15) is 17.3 Å². The van der Waals surface area contributed by atoms with Crippen LogP contribution in [0.3, 0.4) is 0 Å². The van der Waals surface area contributed by atoms with Crippen molar-refractivity contribution in [2.45, 2.75) is 30.8 Å². The van der Waals surface area contributed by atoms with Crippen molar-refractivity contribution >= 4 is 30.0 Å². The van der Waals surface area contributed by atoms with Crippen molar-refractivity contribution < 1.29 is 24.6 Å². The van der Waals surface area contributed by atoms with E-state index in [-0.39, 0.29) is 22.8 Å². The lowest BCUT2D eigenvalue weighted by molar-refractivity contribution is -0.149. The highest BCUT2D eigenvalue weighted by Crippen LogP contribution is 2.53. The second-order valence-corrected chi connectivity index (χ2v) is 6.75. The number of carbonyl (C=O) groups is 3. The van der Waals surface area contributed by atoms with Crippen LogP contribution in [0.1, 0.15) is 29.3 Å². The minimum Gasteiger partial charge on any atom is -0.506 e. The average molecular weight is 320 g/mol. The zero-order chi connectivity index (χ0) is 16.4. The second-order valence-electron chi connectivity index (χ2n) is 6.27. The van der Waals surface area contributed by atoms with Crippen molar-refractivity contribution in [1.29, 1.82) is 0 Å². The molecule has 5 nitrogen and oxygen atoms in total. The van der Waals surface area contributed by atoms with Crippen molar-refractivity contribution in [2.75, 3.05) is 0 Å². The number of benzene rings is 1. The molecule has 3 rings (SSSR count). The molecular weight excluding hydrogens is 304 g/mol. The molecule has 0 aromatic heterocycles. The summed E-state index contributed by atoms with van der Waals surface area (Å²) < 4.78 is 0. The van der Waals surface area contributed by atoms with Crippen LogP contribution < -0.4 is 0 Å². The minimum absolute atomic E-state index is 0.108. The normalized spacial score (nSPS) is 33.5. The first kappa shape index (κ1) is 15.2. The average Bonchev–Trinajstić information content (AvgIpc) is 3.25. The maximum atomic E-state index is 12.7. The van der Waals surface area contributed by atoms with Crippen LogP contribution in [0.5, 0.6) is 5.75 Å². The zero-order valence-corrected chi connectivity index (χ0v) is 13.1. The maximum absolute atomic E-state index is 12.7. The number of thiol groups is 1. The van der Waals surface area contributed by atoms with E-state index in [9.17, 15) is 24.6 Å². The predicted molar refractivity (Wildman–Crippen MR) is 80.2 cm³/mol. The molecule has 0 spiro atoms. The molecule has 4 atom stereocenters. The molecule has 2 N–H and O–H groups in total. The van der Waals surface area contributed by atoms with Gasteiger partial charge in [0.15, 0.2) is 17.3 Å². The third-order valence-electron chi connectivity index (χ3n) is 4.86. The Morgan fingerprint density at radius 2 is 2.00 bits per heavy atom. The smallest absolute Gasteiger partial charge is 0.182 e. The third-order valence-corrected chi connectivity index (χ3v) is 5.22. The highest BCUT2D eigenvalue weighted by molar-refractivity contribution is 7.80. The Balaban J connectivity index is 2.03. The van der Waals surface area contributed by atoms with E-state index >= 15 is 0 Å². The Bertz CT molecular complexity index is 721. The molecule has 2 aliphatic carbocycles. The molecule has 6 heteroatoms. The van der Waals surface area contributed by atoms with E-state index in [1.165, 1.54) is 26.0 Å². The Morgan fingerprint density at radius 1 is 1.36 bits per heavy atom. The fraction of sp³-hybridized carbons (Fsp3) is 0.438. The molecule has 116 valence electrons. The molecule has 4 unspecified atom stereocenters. The van der Waals surface area contributed by atoms with Crippen LogP contribution >= 0.6 is 12.6 Å². The number of rotatable bonds is 2. The number of fused-ring (bicyclic) bond motifs is 1. The van der Waals surface area contributed by atoms with E-state index in [0.29, 0.717) is 11.3 Å². The molecule has 0 heterocycles. The number of phenolic OH excluding ortho intramolecular Hbond substituents is 1. The molecule has 0 amide bonds. The summed E-state index contributed by atoms with van der Waals surface area (Å²) in [5, 5.41) is 20.2. The highest BCUT2D eigenvalue weighted by atomic mass is 32.1. The van der Waals surface area contributed by atoms with Gasteiger partial charge in [0.2, 0.25) is 0 Å². The van der Waals surface area contributed by atoms with Gasteiger partial charge >= 0.3 is 0 Å². The van der Waals surface area contributed by atoms with Crippen molar-refractivity contribution in [1.82, 2.24) is 0 Å². The van der Waals surface area contributed by atoms with Gasteiger partial charge in [0.05, 0.1) is 0 Å². The first-order valence-electron chi connectivity index (χ1n) is 7.04. The maximum Gasteiger partial charge on any atom is 0.182 e. The molecule has 0 saturated heterocycles. The Kier molecular flexibility index (Phi) is 3.23. The van der Waals surface area contributed by atoms with Crippen molar-refractivity contribution in [3.05, 3.63) is 23.3 Å². The Morgan fingerprint density at radius 3 is 2.64 bits per heavy atom. The monoisotopic (exact) mass is 320 g/mol. The van der Waals surface area contributed by atoms with Crippen LogP contribution in [0.15, 0.2) is 17.0 Å². The van der Waals surface area contributed by atoms with Gasteiger partial charge in [-0.25, -0.2) is 0 Å². The summed E-state index contributed by atoms with van der Waals surface area (Å²) >= 11 is 4.06. The molecular formula is C16H16O5S. The topological polar surface area (TPSA) is 91.7 Å². The molecule has 22 heavy (non-hydrogen) atoms. The first-order valence-corrected chi connectivity index (χ1v) is 7.48. The number of hydrogen-bond acceptors (Lipinski definition) is 6. The van der Waals surface area contributed by atoms with Crippen LogP contribution in [-0.4, -0.2) is 33.2 Å². The van der Waals surface area contributed by atoms with Crippen LogP contribution in [0.25, 0.3) is 0 Å². The number of aromatic hydroxyl groups is 1. The number of Topliss-reactive ketones (excluding diaryl/α,β-unsaturated/α-hetero) is 3. The van der Waals surface area contributed by atoms with E-state index < -0.39 is 34.8 Å². The highest BCUT2D eigenvalue weighted by Gasteiger charge is 2.65. The molecule has 2 fully saturated rings. The molecule has 0 radical (unpaired) electrons. The van der Waals surface area contributed by atoms with E-state index in [1.807, 2.05) is 0 Å². The number of phenols is 1. The van der Waals surface area contributed by atoms with Crippen LogP contribution in [-0.2, 0) is 9.59 Å². The summed E-state index contributed by atoms with van der Waals surface area (Å²) in [6, 6.07) is 2.88. The minimum atomic E-state index is -1.64. The quantitative estimate of drug-likeness (QED) is 0.434. The van der Waals surface area contributed by atoms with Crippen molar-refractivity contribution in [3.8, 4) is 5.75 Å². The second kappa shape index (κ2) is 4.67. The molecule has 2 aliphatic rings. The number of hydrogen-bond donors (Lipinski definition) is 3. The van der Waals surface area contributed by atoms with E-state index in [4.69, 9.17) is 0 Å². The lowest BCUT2D eigenvalue weighted by Gasteiger charge is -2.30. The summed E-state index contributed by atoms with van der Waals surface area (Å²) in [7, 11) is 0. The number of aliphatic hydroxyl groups is 1. The first-order chi connectivity index (χ1) is 10.2. The van der Waals surface area contributed by atoms with Crippen molar-refractivity contribution in [3.63, 3.8) is 0 Å². The van der Waals surface area contributed by atoms with Crippen molar-refractivity contribution in [2.24, 2.45) is 17.8 Å². The fourth-order valence-corrected chi connectivity index (χ4v) is 3.55. The number of ketones is 3. The Hall–Kier alpha value is -1.66. The lowest BCUT2D eigenvalue weighted by atomic mass is 9.73. The summed E-state index contributed by atoms with van der Waals surface area (Å²) in [5.74, 6) is -4.24. The largest absolute Gasteiger partial charge is 0.506 e. The van der Waals surface area contributed by atoms with Gasteiger partial charge in [0.25, 0.3) is 0 Å². The Labute approximate surface area is 132 Å². The van der Waals surface area contributed by atoms with E-state index in [2.05, 4.69) is 12.6 Å². The van der Waals surface area contributed by atoms with Gasteiger partial charge in [-0.3, -0.25) is 14.4 Å². The van der Waals surface area contributed by atoms with Gasteiger partial charge in [-0.05, 0) is 32.4 Å². The number of carbonyl (C=O) groups excluding carboxylic acids is 3.